The number of para-hydroxylation sites is 1. The first-order valence-electron chi connectivity index (χ1n) is 8.78. The molecule has 0 aliphatic carbocycles. The van der Waals surface area contributed by atoms with Crippen LogP contribution in [0.1, 0.15) is 16.7 Å². The van der Waals surface area contributed by atoms with Crippen LogP contribution >= 0.6 is 0 Å². The number of alkyl halides is 3. The second-order valence-corrected chi connectivity index (χ2v) is 6.32. The predicted octanol–water partition coefficient (Wildman–Crippen LogP) is 5.78. The molecule has 5 heteroatoms. The Labute approximate surface area is 157 Å². The highest BCUT2D eigenvalue weighted by molar-refractivity contribution is 5.59. The molecular weight excluding hydrogens is 349 g/mol. The second-order valence-electron chi connectivity index (χ2n) is 6.32. The van der Waals surface area contributed by atoms with Gasteiger partial charge in [-0.25, -0.2) is 0 Å². The zero-order valence-electron chi connectivity index (χ0n) is 14.8. The maximum Gasteiger partial charge on any atom is 0.416 e. The van der Waals surface area contributed by atoms with Gasteiger partial charge in [-0.1, -0.05) is 48.5 Å². The molecule has 3 rings (SSSR count). The molecule has 0 saturated heterocycles. The van der Waals surface area contributed by atoms with Gasteiger partial charge in [0, 0.05) is 17.9 Å². The van der Waals surface area contributed by atoms with E-state index in [2.05, 4.69) is 16.7 Å². The molecule has 0 amide bonds. The highest BCUT2D eigenvalue weighted by Gasteiger charge is 2.30. The van der Waals surface area contributed by atoms with E-state index in [1.807, 2.05) is 48.5 Å². The first-order valence-corrected chi connectivity index (χ1v) is 8.78. The van der Waals surface area contributed by atoms with Gasteiger partial charge in [0.05, 0.1) is 5.56 Å². The minimum Gasteiger partial charge on any atom is -0.356 e. The molecule has 0 fully saturated rings. The van der Waals surface area contributed by atoms with Gasteiger partial charge in [0.2, 0.25) is 0 Å². The van der Waals surface area contributed by atoms with Gasteiger partial charge in [0.1, 0.15) is 0 Å². The van der Waals surface area contributed by atoms with E-state index in [0.717, 1.165) is 23.0 Å². The zero-order valence-corrected chi connectivity index (χ0v) is 14.8. The smallest absolute Gasteiger partial charge is 0.356 e. The van der Waals surface area contributed by atoms with Crippen molar-refractivity contribution in [1.29, 1.82) is 0 Å². The average molecular weight is 370 g/mol. The highest BCUT2D eigenvalue weighted by Crippen LogP contribution is 2.29. The van der Waals surface area contributed by atoms with Crippen molar-refractivity contribution in [3.8, 4) is 0 Å². The van der Waals surface area contributed by atoms with Crippen molar-refractivity contribution in [3.63, 3.8) is 0 Å². The summed E-state index contributed by atoms with van der Waals surface area (Å²) in [4.78, 5) is 0. The second kappa shape index (κ2) is 8.73. The molecule has 0 heterocycles. The van der Waals surface area contributed by atoms with E-state index < -0.39 is 11.7 Å². The molecule has 0 atom stereocenters. The molecule has 0 bridgehead atoms. The van der Waals surface area contributed by atoms with Crippen molar-refractivity contribution in [2.45, 2.75) is 19.1 Å². The average Bonchev–Trinajstić information content (AvgIpc) is 2.66. The molecule has 2 nitrogen and oxygen atoms in total. The van der Waals surface area contributed by atoms with Gasteiger partial charge in [0.15, 0.2) is 0 Å². The van der Waals surface area contributed by atoms with Crippen LogP contribution in [0.15, 0.2) is 78.9 Å². The number of benzene rings is 3. The van der Waals surface area contributed by atoms with Crippen molar-refractivity contribution in [3.05, 3.63) is 95.6 Å². The Bertz CT molecular complexity index is 861. The van der Waals surface area contributed by atoms with E-state index >= 15 is 0 Å². The minimum atomic E-state index is -4.30. The van der Waals surface area contributed by atoms with Crippen LogP contribution < -0.4 is 10.6 Å². The SMILES string of the molecule is FC(F)(F)c1cccc(CCNCc2cccc(Nc3ccccc3)c2)c1. The fourth-order valence-electron chi connectivity index (χ4n) is 2.82. The minimum absolute atomic E-state index is 0.547. The van der Waals surface area contributed by atoms with Gasteiger partial charge in [-0.2, -0.15) is 13.2 Å². The molecule has 0 aliphatic heterocycles. The molecule has 0 unspecified atom stereocenters. The number of hydrogen-bond donors (Lipinski definition) is 2. The third-order valence-electron chi connectivity index (χ3n) is 4.16. The highest BCUT2D eigenvalue weighted by atomic mass is 19.4. The monoisotopic (exact) mass is 370 g/mol. The Hall–Kier alpha value is -2.79. The van der Waals surface area contributed by atoms with Gasteiger partial charge in [-0.15, -0.1) is 0 Å². The Morgan fingerprint density at radius 1 is 0.704 bits per heavy atom. The Balaban J connectivity index is 1.50. The fraction of sp³-hybridized carbons (Fsp3) is 0.182. The lowest BCUT2D eigenvalue weighted by Crippen LogP contribution is -2.17. The molecule has 0 radical (unpaired) electrons. The van der Waals surface area contributed by atoms with E-state index in [0.29, 0.717) is 25.1 Å². The maximum absolute atomic E-state index is 12.8. The molecule has 140 valence electrons. The van der Waals surface area contributed by atoms with Gasteiger partial charge < -0.3 is 10.6 Å². The summed E-state index contributed by atoms with van der Waals surface area (Å²) >= 11 is 0. The van der Waals surface area contributed by atoms with Crippen LogP contribution in [0.5, 0.6) is 0 Å². The lowest BCUT2D eigenvalue weighted by atomic mass is 10.1. The Morgan fingerprint density at radius 3 is 2.19 bits per heavy atom. The number of halogens is 3. The van der Waals surface area contributed by atoms with Crippen molar-refractivity contribution >= 4 is 11.4 Å². The molecule has 0 saturated carbocycles. The van der Waals surface area contributed by atoms with Crippen molar-refractivity contribution < 1.29 is 13.2 Å². The van der Waals surface area contributed by atoms with Crippen LogP contribution in [0.3, 0.4) is 0 Å². The molecule has 3 aromatic rings. The largest absolute Gasteiger partial charge is 0.416 e. The van der Waals surface area contributed by atoms with E-state index in [9.17, 15) is 13.2 Å². The lowest BCUT2D eigenvalue weighted by Gasteiger charge is -2.10. The zero-order chi connectivity index (χ0) is 19.1. The summed E-state index contributed by atoms with van der Waals surface area (Å²) in [6.45, 7) is 1.26. The molecule has 0 aromatic heterocycles. The Kier molecular flexibility index (Phi) is 6.14. The van der Waals surface area contributed by atoms with Crippen LogP contribution in [0.2, 0.25) is 0 Å². The quantitative estimate of drug-likeness (QED) is 0.515. The van der Waals surface area contributed by atoms with Gasteiger partial charge in [-0.3, -0.25) is 0 Å². The summed E-state index contributed by atoms with van der Waals surface area (Å²) in [5.74, 6) is 0. The van der Waals surface area contributed by atoms with E-state index in [4.69, 9.17) is 0 Å². The van der Waals surface area contributed by atoms with E-state index in [1.165, 1.54) is 12.1 Å². The molecule has 2 N–H and O–H groups in total. The summed E-state index contributed by atoms with van der Waals surface area (Å²) in [5, 5.41) is 6.64. The first kappa shape index (κ1) is 19.0. The van der Waals surface area contributed by atoms with Gasteiger partial charge >= 0.3 is 6.18 Å². The number of nitrogens with one attached hydrogen (secondary N) is 2. The fourth-order valence-corrected chi connectivity index (χ4v) is 2.82. The van der Waals surface area contributed by atoms with Crippen LogP contribution in [0, 0.1) is 0 Å². The van der Waals surface area contributed by atoms with Crippen LogP contribution in [-0.2, 0) is 19.1 Å². The van der Waals surface area contributed by atoms with E-state index in [-0.39, 0.29) is 0 Å². The Morgan fingerprint density at radius 2 is 1.41 bits per heavy atom. The maximum atomic E-state index is 12.8. The topological polar surface area (TPSA) is 24.1 Å². The summed E-state index contributed by atoms with van der Waals surface area (Å²) in [6.07, 6.45) is -3.75. The molecule has 0 spiro atoms. The summed E-state index contributed by atoms with van der Waals surface area (Å²) < 4.78 is 38.3. The summed E-state index contributed by atoms with van der Waals surface area (Å²) in [7, 11) is 0. The summed E-state index contributed by atoms with van der Waals surface area (Å²) in [6, 6.07) is 23.5. The van der Waals surface area contributed by atoms with Gasteiger partial charge in [0.25, 0.3) is 0 Å². The van der Waals surface area contributed by atoms with Crippen LogP contribution in [0.25, 0.3) is 0 Å². The molecule has 27 heavy (non-hydrogen) atoms. The van der Waals surface area contributed by atoms with Crippen molar-refractivity contribution in [2.24, 2.45) is 0 Å². The van der Waals surface area contributed by atoms with Crippen molar-refractivity contribution in [1.82, 2.24) is 5.32 Å². The third kappa shape index (κ3) is 5.86. The molecular formula is C22H21F3N2. The lowest BCUT2D eigenvalue weighted by molar-refractivity contribution is -0.137. The van der Waals surface area contributed by atoms with Crippen LogP contribution in [-0.4, -0.2) is 6.54 Å². The standard InChI is InChI=1S/C22H21F3N2/c23-22(24,25)19-8-4-6-17(14-19)12-13-26-16-18-7-5-11-21(15-18)27-20-9-2-1-3-10-20/h1-11,14-15,26-27H,12-13,16H2. The third-order valence-corrected chi connectivity index (χ3v) is 4.16. The van der Waals surface area contributed by atoms with Crippen molar-refractivity contribution in [2.75, 3.05) is 11.9 Å². The first-order chi connectivity index (χ1) is 13.0. The number of rotatable bonds is 7. The van der Waals surface area contributed by atoms with E-state index in [1.54, 1.807) is 6.07 Å². The number of anilines is 2. The number of hydrogen-bond acceptors (Lipinski definition) is 2. The molecule has 3 aromatic carbocycles. The molecule has 0 aliphatic rings. The normalized spacial score (nSPS) is 11.4. The van der Waals surface area contributed by atoms with Crippen LogP contribution in [0.4, 0.5) is 24.5 Å². The predicted molar refractivity (Wildman–Crippen MR) is 103 cm³/mol. The summed E-state index contributed by atoms with van der Waals surface area (Å²) in [5.41, 5.74) is 3.21. The van der Waals surface area contributed by atoms with Gasteiger partial charge in [-0.05, 0) is 54.4 Å².